The molecule has 158 valence electrons. The highest BCUT2D eigenvalue weighted by Gasteiger charge is 2.21. The lowest BCUT2D eigenvalue weighted by Gasteiger charge is -2.14. The van der Waals surface area contributed by atoms with Gasteiger partial charge in [-0.05, 0) is 42.5 Å². The zero-order valence-corrected chi connectivity index (χ0v) is 17.8. The predicted octanol–water partition coefficient (Wildman–Crippen LogP) is 3.31. The number of para-hydroxylation sites is 2. The Morgan fingerprint density at radius 1 is 0.600 bits per heavy atom. The van der Waals surface area contributed by atoms with E-state index in [1.807, 2.05) is 0 Å². The average molecular weight is 449 g/mol. The van der Waals surface area contributed by atoms with Crippen molar-refractivity contribution in [3.63, 3.8) is 0 Å². The molecule has 2 N–H and O–H groups in total. The maximum Gasteiger partial charge on any atom is 0.265 e. The van der Waals surface area contributed by atoms with Gasteiger partial charge in [-0.1, -0.05) is 30.3 Å². The van der Waals surface area contributed by atoms with Crippen molar-refractivity contribution in [2.45, 2.75) is 9.79 Å². The summed E-state index contributed by atoms with van der Waals surface area (Å²) in [5.41, 5.74) is 0.363. The first-order valence-corrected chi connectivity index (χ1v) is 11.7. The highest BCUT2D eigenvalue weighted by molar-refractivity contribution is 7.93. The third kappa shape index (κ3) is 4.66. The zero-order valence-electron chi connectivity index (χ0n) is 16.2. The van der Waals surface area contributed by atoms with Crippen molar-refractivity contribution in [3.05, 3.63) is 72.8 Å². The summed E-state index contributed by atoms with van der Waals surface area (Å²) >= 11 is 0. The van der Waals surface area contributed by atoms with Gasteiger partial charge in [-0.2, -0.15) is 0 Å². The minimum Gasteiger partial charge on any atom is -0.495 e. The molecular formula is C20H20N2O6S2. The molecule has 0 radical (unpaired) electrons. The number of ether oxygens (including phenoxy) is 2. The van der Waals surface area contributed by atoms with Crippen LogP contribution in [0.4, 0.5) is 11.4 Å². The molecule has 0 amide bonds. The smallest absolute Gasteiger partial charge is 0.265 e. The second-order valence-electron chi connectivity index (χ2n) is 6.09. The van der Waals surface area contributed by atoms with Crippen LogP contribution in [0.5, 0.6) is 11.5 Å². The molecule has 0 heterocycles. The van der Waals surface area contributed by atoms with E-state index in [1.165, 1.54) is 62.8 Å². The lowest BCUT2D eigenvalue weighted by molar-refractivity contribution is 0.402. The molecule has 0 fully saturated rings. The molecule has 3 rings (SSSR count). The van der Waals surface area contributed by atoms with E-state index in [0.29, 0.717) is 0 Å². The fourth-order valence-electron chi connectivity index (χ4n) is 2.75. The molecule has 10 heteroatoms. The van der Waals surface area contributed by atoms with Crippen molar-refractivity contribution < 1.29 is 26.3 Å². The van der Waals surface area contributed by atoms with E-state index >= 15 is 0 Å². The normalized spacial score (nSPS) is 11.5. The summed E-state index contributed by atoms with van der Waals surface area (Å²) < 4.78 is 66.0. The first-order chi connectivity index (χ1) is 14.3. The maximum absolute atomic E-state index is 12.7. The van der Waals surface area contributed by atoms with E-state index in [4.69, 9.17) is 9.47 Å². The third-order valence-corrected chi connectivity index (χ3v) is 6.93. The molecule has 3 aromatic rings. The summed E-state index contributed by atoms with van der Waals surface area (Å²) in [6.07, 6.45) is 0. The highest BCUT2D eigenvalue weighted by atomic mass is 32.2. The number of nitrogens with one attached hydrogen (secondary N) is 2. The van der Waals surface area contributed by atoms with Crippen molar-refractivity contribution in [2.75, 3.05) is 23.7 Å². The fourth-order valence-corrected chi connectivity index (χ4v) is 5.19. The summed E-state index contributed by atoms with van der Waals surface area (Å²) in [6.45, 7) is 0. The van der Waals surface area contributed by atoms with Crippen LogP contribution < -0.4 is 18.9 Å². The first-order valence-electron chi connectivity index (χ1n) is 8.68. The average Bonchev–Trinajstić information content (AvgIpc) is 2.73. The minimum absolute atomic E-state index is 0.0347. The van der Waals surface area contributed by atoms with Crippen molar-refractivity contribution in [3.8, 4) is 11.5 Å². The van der Waals surface area contributed by atoms with Crippen LogP contribution in [0, 0.1) is 0 Å². The molecule has 3 aromatic carbocycles. The van der Waals surface area contributed by atoms with Gasteiger partial charge >= 0.3 is 0 Å². The molecule has 0 bridgehead atoms. The number of methoxy groups -OCH3 is 2. The van der Waals surface area contributed by atoms with E-state index in [0.717, 1.165) is 0 Å². The van der Waals surface area contributed by atoms with Crippen molar-refractivity contribution in [2.24, 2.45) is 0 Å². The van der Waals surface area contributed by atoms with Gasteiger partial charge in [-0.25, -0.2) is 16.8 Å². The number of rotatable bonds is 8. The minimum atomic E-state index is -3.95. The van der Waals surface area contributed by atoms with Gasteiger partial charge in [-0.3, -0.25) is 9.44 Å². The third-order valence-electron chi connectivity index (χ3n) is 4.08. The molecule has 0 aliphatic rings. The highest BCUT2D eigenvalue weighted by Crippen LogP contribution is 2.28. The predicted molar refractivity (Wildman–Crippen MR) is 114 cm³/mol. The van der Waals surface area contributed by atoms with E-state index in [-0.39, 0.29) is 32.7 Å². The molecule has 0 saturated carbocycles. The van der Waals surface area contributed by atoms with Crippen molar-refractivity contribution in [1.82, 2.24) is 0 Å². The molecular weight excluding hydrogens is 428 g/mol. The Bertz CT molecular complexity index is 1160. The first kappa shape index (κ1) is 21.5. The number of benzene rings is 3. The lowest BCUT2D eigenvalue weighted by Crippen LogP contribution is -2.16. The Morgan fingerprint density at radius 3 is 1.40 bits per heavy atom. The molecule has 0 atom stereocenters. The quantitative estimate of drug-likeness (QED) is 0.547. The summed E-state index contributed by atoms with van der Waals surface area (Å²) in [6, 6.07) is 18.3. The number of hydrogen-bond donors (Lipinski definition) is 2. The Hall–Kier alpha value is -3.24. The molecule has 0 aromatic heterocycles. The Morgan fingerprint density at radius 2 is 1.00 bits per heavy atom. The topological polar surface area (TPSA) is 111 Å². The SMILES string of the molecule is COc1ccccc1S(=O)(=O)Nc1cccc(NS(=O)(=O)c2ccccc2OC)c1. The van der Waals surface area contributed by atoms with Crippen LogP contribution in [0.15, 0.2) is 82.6 Å². The van der Waals surface area contributed by atoms with Crippen LogP contribution in [0.1, 0.15) is 0 Å². The van der Waals surface area contributed by atoms with Crippen LogP contribution in [0.2, 0.25) is 0 Å². The number of hydrogen-bond acceptors (Lipinski definition) is 6. The van der Waals surface area contributed by atoms with Gasteiger partial charge < -0.3 is 9.47 Å². The largest absolute Gasteiger partial charge is 0.495 e. The van der Waals surface area contributed by atoms with Crippen molar-refractivity contribution in [1.29, 1.82) is 0 Å². The van der Waals surface area contributed by atoms with E-state index < -0.39 is 20.0 Å². The summed E-state index contributed by atoms with van der Waals surface area (Å²) in [4.78, 5) is -0.0694. The zero-order chi connectivity index (χ0) is 21.8. The van der Waals surface area contributed by atoms with Gasteiger partial charge in [-0.15, -0.1) is 0 Å². The second-order valence-corrected chi connectivity index (χ2v) is 9.40. The van der Waals surface area contributed by atoms with Crippen LogP contribution in [-0.2, 0) is 20.0 Å². The molecule has 0 saturated heterocycles. The van der Waals surface area contributed by atoms with Crippen LogP contribution >= 0.6 is 0 Å². The second kappa shape index (κ2) is 8.64. The van der Waals surface area contributed by atoms with Gasteiger partial charge in [0.05, 0.1) is 25.6 Å². The van der Waals surface area contributed by atoms with E-state index in [1.54, 1.807) is 24.3 Å². The van der Waals surface area contributed by atoms with Gasteiger partial charge in [0.15, 0.2) is 0 Å². The lowest BCUT2D eigenvalue weighted by atomic mass is 10.3. The molecule has 0 unspecified atom stereocenters. The van der Waals surface area contributed by atoms with Gasteiger partial charge in [0.25, 0.3) is 20.0 Å². The summed E-state index contributed by atoms with van der Waals surface area (Å²) in [5, 5.41) is 0. The van der Waals surface area contributed by atoms with Gasteiger partial charge in [0.2, 0.25) is 0 Å². The van der Waals surface area contributed by atoms with E-state index in [2.05, 4.69) is 9.44 Å². The molecule has 0 aliphatic heterocycles. The van der Waals surface area contributed by atoms with Gasteiger partial charge in [0, 0.05) is 0 Å². The standard InChI is InChI=1S/C20H20N2O6S2/c1-27-17-10-3-5-12-19(17)29(23,24)21-15-8-7-9-16(14-15)22-30(25,26)20-13-6-4-11-18(20)28-2/h3-14,21-22H,1-2H3. The Kier molecular flexibility index (Phi) is 6.18. The van der Waals surface area contributed by atoms with E-state index in [9.17, 15) is 16.8 Å². The van der Waals surface area contributed by atoms with Crippen LogP contribution in [-0.4, -0.2) is 31.1 Å². The fraction of sp³-hybridized carbons (Fsp3) is 0.100. The number of sulfonamides is 2. The Balaban J connectivity index is 1.88. The van der Waals surface area contributed by atoms with Crippen LogP contribution in [0.25, 0.3) is 0 Å². The molecule has 0 spiro atoms. The number of anilines is 2. The monoisotopic (exact) mass is 448 g/mol. The van der Waals surface area contributed by atoms with Crippen LogP contribution in [0.3, 0.4) is 0 Å². The Labute approximate surface area is 175 Å². The molecule has 8 nitrogen and oxygen atoms in total. The maximum atomic E-state index is 12.7. The van der Waals surface area contributed by atoms with Gasteiger partial charge in [0.1, 0.15) is 21.3 Å². The molecule has 30 heavy (non-hydrogen) atoms. The van der Waals surface area contributed by atoms with Crippen molar-refractivity contribution >= 4 is 31.4 Å². The molecule has 0 aliphatic carbocycles. The summed E-state index contributed by atoms with van der Waals surface area (Å²) in [5.74, 6) is 0.385. The summed E-state index contributed by atoms with van der Waals surface area (Å²) in [7, 11) is -5.15.